The first-order valence-electron chi connectivity index (χ1n) is 8.12. The van der Waals surface area contributed by atoms with Crippen molar-refractivity contribution in [3.05, 3.63) is 0 Å². The molecular weight excluding hydrogens is 236 g/mol. The predicted molar refractivity (Wildman–Crippen MR) is 80.2 cm³/mol. The third kappa shape index (κ3) is 2.98. The highest BCUT2D eigenvalue weighted by atomic mass is 16.5. The largest absolute Gasteiger partial charge is 0.380 e. The van der Waals surface area contributed by atoms with Crippen LogP contribution >= 0.6 is 0 Å². The summed E-state index contributed by atoms with van der Waals surface area (Å²) in [5.41, 5.74) is 6.54. The lowest BCUT2D eigenvalue weighted by Gasteiger charge is -2.54. The van der Waals surface area contributed by atoms with Crippen LogP contribution in [0.4, 0.5) is 0 Å². The Morgan fingerprint density at radius 1 is 1.26 bits per heavy atom. The Bertz CT molecular complexity index is 282. The quantitative estimate of drug-likeness (QED) is 0.852. The van der Waals surface area contributed by atoms with Crippen molar-refractivity contribution < 1.29 is 4.74 Å². The monoisotopic (exact) mass is 268 g/mol. The van der Waals surface area contributed by atoms with Gasteiger partial charge in [0.25, 0.3) is 0 Å². The second-order valence-corrected chi connectivity index (χ2v) is 6.85. The molecule has 1 saturated carbocycles. The molecule has 1 aliphatic heterocycles. The van der Waals surface area contributed by atoms with Crippen LogP contribution in [0.25, 0.3) is 0 Å². The topological polar surface area (TPSA) is 38.5 Å². The summed E-state index contributed by atoms with van der Waals surface area (Å²) in [7, 11) is 1.85. The first kappa shape index (κ1) is 15.3. The molecule has 3 unspecified atom stereocenters. The van der Waals surface area contributed by atoms with Gasteiger partial charge < -0.3 is 10.5 Å². The molecule has 0 aromatic rings. The fraction of sp³-hybridized carbons (Fsp3) is 1.00. The molecule has 2 fully saturated rings. The van der Waals surface area contributed by atoms with Gasteiger partial charge in [0.2, 0.25) is 0 Å². The zero-order valence-electron chi connectivity index (χ0n) is 13.0. The van der Waals surface area contributed by atoms with E-state index in [9.17, 15) is 0 Å². The molecule has 3 heteroatoms. The number of nitrogens with two attached hydrogens (primary N) is 1. The smallest absolute Gasteiger partial charge is 0.0698 e. The van der Waals surface area contributed by atoms with E-state index in [1.54, 1.807) is 0 Å². The summed E-state index contributed by atoms with van der Waals surface area (Å²) < 4.78 is 5.61. The van der Waals surface area contributed by atoms with E-state index in [2.05, 4.69) is 18.7 Å². The predicted octanol–water partition coefficient (Wildman–Crippen LogP) is 2.64. The maximum absolute atomic E-state index is 6.30. The van der Waals surface area contributed by atoms with Crippen molar-refractivity contribution in [3.8, 4) is 0 Å². The molecular formula is C16H32N2O. The van der Waals surface area contributed by atoms with Crippen molar-refractivity contribution in [2.24, 2.45) is 17.6 Å². The zero-order valence-corrected chi connectivity index (χ0v) is 13.0. The average molecular weight is 268 g/mol. The minimum Gasteiger partial charge on any atom is -0.380 e. The second-order valence-electron chi connectivity index (χ2n) is 6.85. The lowest BCUT2D eigenvalue weighted by molar-refractivity contribution is -0.0652. The molecule has 0 radical (unpaired) electrons. The first-order chi connectivity index (χ1) is 9.14. The minimum atomic E-state index is 0.240. The Balaban J connectivity index is 2.18. The molecule has 2 N–H and O–H groups in total. The summed E-state index contributed by atoms with van der Waals surface area (Å²) in [6.07, 6.45) is 8.23. The van der Waals surface area contributed by atoms with Crippen molar-refractivity contribution in [1.29, 1.82) is 0 Å². The minimum absolute atomic E-state index is 0.240. The van der Waals surface area contributed by atoms with Gasteiger partial charge in [-0.25, -0.2) is 0 Å². The highest BCUT2D eigenvalue weighted by Crippen LogP contribution is 2.43. The molecule has 0 aromatic carbocycles. The molecule has 0 spiro atoms. The van der Waals surface area contributed by atoms with Gasteiger partial charge in [0, 0.05) is 25.7 Å². The van der Waals surface area contributed by atoms with E-state index in [0.717, 1.165) is 24.9 Å². The Labute approximate surface area is 118 Å². The third-order valence-corrected chi connectivity index (χ3v) is 5.56. The van der Waals surface area contributed by atoms with Gasteiger partial charge in [-0.05, 0) is 44.1 Å². The van der Waals surface area contributed by atoms with Crippen molar-refractivity contribution in [2.75, 3.05) is 26.7 Å². The maximum Gasteiger partial charge on any atom is 0.0698 e. The van der Waals surface area contributed by atoms with Gasteiger partial charge in [0.05, 0.1) is 6.10 Å². The zero-order chi connectivity index (χ0) is 13.9. The van der Waals surface area contributed by atoms with Crippen molar-refractivity contribution >= 4 is 0 Å². The fourth-order valence-electron chi connectivity index (χ4n) is 4.51. The molecule has 0 amide bonds. The van der Waals surface area contributed by atoms with E-state index in [-0.39, 0.29) is 5.54 Å². The SMILES string of the molecule is COC1CCCN(C2(CN)CCCCC2C(C)C)C1. The van der Waals surface area contributed by atoms with Gasteiger partial charge in [-0.2, -0.15) is 0 Å². The summed E-state index contributed by atoms with van der Waals surface area (Å²) in [6.45, 7) is 7.85. The Hall–Kier alpha value is -0.120. The number of piperidine rings is 1. The van der Waals surface area contributed by atoms with Gasteiger partial charge in [-0.3, -0.25) is 4.90 Å². The fourth-order valence-corrected chi connectivity index (χ4v) is 4.51. The van der Waals surface area contributed by atoms with Crippen molar-refractivity contribution in [2.45, 2.75) is 64.0 Å². The maximum atomic E-state index is 6.30. The van der Waals surface area contributed by atoms with Gasteiger partial charge in [-0.1, -0.05) is 26.7 Å². The molecule has 1 aliphatic carbocycles. The number of rotatable bonds is 4. The Morgan fingerprint density at radius 3 is 2.68 bits per heavy atom. The molecule has 0 aromatic heterocycles. The van der Waals surface area contributed by atoms with E-state index in [1.165, 1.54) is 45.1 Å². The van der Waals surface area contributed by atoms with Gasteiger partial charge in [0.1, 0.15) is 0 Å². The van der Waals surface area contributed by atoms with Gasteiger partial charge in [-0.15, -0.1) is 0 Å². The number of hydrogen-bond donors (Lipinski definition) is 1. The Morgan fingerprint density at radius 2 is 2.05 bits per heavy atom. The average Bonchev–Trinajstić information content (AvgIpc) is 2.47. The highest BCUT2D eigenvalue weighted by Gasteiger charge is 2.46. The molecule has 19 heavy (non-hydrogen) atoms. The first-order valence-corrected chi connectivity index (χ1v) is 8.12. The molecule has 1 heterocycles. The molecule has 2 aliphatic rings. The van der Waals surface area contributed by atoms with Crippen molar-refractivity contribution in [3.63, 3.8) is 0 Å². The molecule has 112 valence electrons. The number of methoxy groups -OCH3 is 1. The highest BCUT2D eigenvalue weighted by molar-refractivity contribution is 5.02. The standard InChI is InChI=1S/C16H32N2O/c1-13(2)15-8-4-5-9-16(15,12-17)18-10-6-7-14(11-18)19-3/h13-15H,4-12,17H2,1-3H3. The van der Waals surface area contributed by atoms with E-state index < -0.39 is 0 Å². The summed E-state index contributed by atoms with van der Waals surface area (Å²) in [4.78, 5) is 2.69. The second kappa shape index (κ2) is 6.55. The molecule has 3 nitrogen and oxygen atoms in total. The van der Waals surface area contributed by atoms with Crippen LogP contribution in [0.2, 0.25) is 0 Å². The third-order valence-electron chi connectivity index (χ3n) is 5.56. The Kier molecular flexibility index (Phi) is 5.27. The molecule has 1 saturated heterocycles. The van der Waals surface area contributed by atoms with Crippen LogP contribution in [-0.2, 0) is 4.74 Å². The summed E-state index contributed by atoms with van der Waals surface area (Å²) in [5.74, 6) is 1.48. The van der Waals surface area contributed by atoms with E-state index in [0.29, 0.717) is 6.10 Å². The van der Waals surface area contributed by atoms with Crippen LogP contribution in [-0.4, -0.2) is 43.3 Å². The summed E-state index contributed by atoms with van der Waals surface area (Å²) in [6, 6.07) is 0. The van der Waals surface area contributed by atoms with Crippen LogP contribution in [0.1, 0.15) is 52.4 Å². The normalized spacial score (nSPS) is 37.7. The van der Waals surface area contributed by atoms with E-state index in [4.69, 9.17) is 10.5 Å². The summed E-state index contributed by atoms with van der Waals surface area (Å²) in [5, 5.41) is 0. The summed E-state index contributed by atoms with van der Waals surface area (Å²) >= 11 is 0. The van der Waals surface area contributed by atoms with Crippen molar-refractivity contribution in [1.82, 2.24) is 4.90 Å². The van der Waals surface area contributed by atoms with Crippen LogP contribution in [0.15, 0.2) is 0 Å². The van der Waals surface area contributed by atoms with Crippen LogP contribution < -0.4 is 5.73 Å². The van der Waals surface area contributed by atoms with E-state index >= 15 is 0 Å². The van der Waals surface area contributed by atoms with Crippen LogP contribution in [0.5, 0.6) is 0 Å². The van der Waals surface area contributed by atoms with E-state index in [1.807, 2.05) is 7.11 Å². The number of hydrogen-bond acceptors (Lipinski definition) is 3. The molecule has 0 bridgehead atoms. The number of ether oxygens (including phenoxy) is 1. The molecule has 3 atom stereocenters. The van der Waals surface area contributed by atoms with Crippen LogP contribution in [0.3, 0.4) is 0 Å². The lowest BCUT2D eigenvalue weighted by atomic mass is 9.66. The molecule has 2 rings (SSSR count). The van der Waals surface area contributed by atoms with Crippen LogP contribution in [0, 0.1) is 11.8 Å². The number of likely N-dealkylation sites (tertiary alicyclic amines) is 1. The van der Waals surface area contributed by atoms with Gasteiger partial charge in [0.15, 0.2) is 0 Å². The van der Waals surface area contributed by atoms with Gasteiger partial charge >= 0.3 is 0 Å². The number of nitrogens with zero attached hydrogens (tertiary/aromatic N) is 1. The lowest BCUT2D eigenvalue weighted by Crippen LogP contribution is -2.63.